The molecule has 1 aromatic carbocycles. The summed E-state index contributed by atoms with van der Waals surface area (Å²) in [4.78, 5) is 24.9. The Morgan fingerprint density at radius 3 is 2.76 bits per heavy atom. The van der Waals surface area contributed by atoms with Crippen molar-refractivity contribution in [2.45, 2.75) is 17.0 Å². The molecule has 0 radical (unpaired) electrons. The standard InChI is InChI=1S/C17H15N3O4S/c1-3-24-14-8-10-19-17(20-14)25(22)13-7-6-12(16(21)23-2)11-5-4-9-18-15(11)13/h4-10H,3H2,1-2H3. The summed E-state index contributed by atoms with van der Waals surface area (Å²) in [6, 6.07) is 8.17. The van der Waals surface area contributed by atoms with Crippen molar-refractivity contribution in [1.82, 2.24) is 15.0 Å². The molecular formula is C17H15N3O4S. The summed E-state index contributed by atoms with van der Waals surface area (Å²) < 4.78 is 23.1. The van der Waals surface area contributed by atoms with E-state index < -0.39 is 16.8 Å². The van der Waals surface area contributed by atoms with Crippen molar-refractivity contribution in [2.75, 3.05) is 13.7 Å². The quantitative estimate of drug-likeness (QED) is 0.511. The number of carbonyl (C=O) groups is 1. The number of benzene rings is 1. The number of hydrogen-bond donors (Lipinski definition) is 0. The third kappa shape index (κ3) is 3.34. The fourth-order valence-corrected chi connectivity index (χ4v) is 3.38. The third-order valence-corrected chi connectivity index (χ3v) is 4.66. The van der Waals surface area contributed by atoms with Gasteiger partial charge in [-0.25, -0.2) is 14.0 Å². The number of esters is 1. The lowest BCUT2D eigenvalue weighted by Gasteiger charge is -2.09. The maximum absolute atomic E-state index is 12.9. The molecule has 0 spiro atoms. The predicted octanol–water partition coefficient (Wildman–Crippen LogP) is 2.38. The van der Waals surface area contributed by atoms with E-state index in [1.54, 1.807) is 36.5 Å². The highest BCUT2D eigenvalue weighted by molar-refractivity contribution is 7.85. The van der Waals surface area contributed by atoms with Gasteiger partial charge in [-0.15, -0.1) is 0 Å². The van der Waals surface area contributed by atoms with Crippen LogP contribution in [0, 0.1) is 0 Å². The van der Waals surface area contributed by atoms with Crippen LogP contribution >= 0.6 is 0 Å². The van der Waals surface area contributed by atoms with Gasteiger partial charge in [0.05, 0.1) is 29.7 Å². The number of hydrogen-bond acceptors (Lipinski definition) is 7. The molecule has 1 unspecified atom stereocenters. The molecule has 0 saturated carbocycles. The molecule has 25 heavy (non-hydrogen) atoms. The van der Waals surface area contributed by atoms with Crippen LogP contribution in [-0.2, 0) is 15.5 Å². The second-order valence-corrected chi connectivity index (χ2v) is 6.22. The molecule has 2 aromatic heterocycles. The van der Waals surface area contributed by atoms with E-state index in [2.05, 4.69) is 15.0 Å². The topological polar surface area (TPSA) is 91.3 Å². The molecule has 8 heteroatoms. The Bertz CT molecular complexity index is 962. The molecule has 0 saturated heterocycles. The summed E-state index contributed by atoms with van der Waals surface area (Å²) in [7, 11) is -0.366. The van der Waals surface area contributed by atoms with Crippen molar-refractivity contribution in [3.63, 3.8) is 0 Å². The van der Waals surface area contributed by atoms with Crippen LogP contribution in [0.15, 0.2) is 52.8 Å². The number of fused-ring (bicyclic) bond motifs is 1. The average molecular weight is 357 g/mol. The van der Waals surface area contributed by atoms with Gasteiger partial charge in [-0.05, 0) is 25.1 Å². The number of pyridine rings is 1. The summed E-state index contributed by atoms with van der Waals surface area (Å²) in [5.41, 5.74) is 0.796. The predicted molar refractivity (Wildman–Crippen MR) is 91.0 cm³/mol. The van der Waals surface area contributed by atoms with E-state index >= 15 is 0 Å². The highest BCUT2D eigenvalue weighted by Crippen LogP contribution is 2.26. The van der Waals surface area contributed by atoms with Gasteiger partial charge >= 0.3 is 5.97 Å². The van der Waals surface area contributed by atoms with Crippen LogP contribution in [0.25, 0.3) is 10.9 Å². The van der Waals surface area contributed by atoms with Crippen molar-refractivity contribution in [2.24, 2.45) is 0 Å². The van der Waals surface area contributed by atoms with Gasteiger partial charge in [0.1, 0.15) is 10.8 Å². The Morgan fingerprint density at radius 2 is 2.00 bits per heavy atom. The van der Waals surface area contributed by atoms with E-state index in [1.165, 1.54) is 13.3 Å². The number of rotatable bonds is 5. The Kier molecular flexibility index (Phi) is 4.99. The fourth-order valence-electron chi connectivity index (χ4n) is 2.33. The lowest BCUT2D eigenvalue weighted by molar-refractivity contribution is 0.0603. The minimum Gasteiger partial charge on any atom is -0.478 e. The van der Waals surface area contributed by atoms with Gasteiger partial charge in [0.25, 0.3) is 0 Å². The van der Waals surface area contributed by atoms with E-state index in [1.807, 2.05) is 6.92 Å². The Hall–Kier alpha value is -2.87. The van der Waals surface area contributed by atoms with E-state index in [9.17, 15) is 9.00 Å². The molecule has 2 heterocycles. The fraction of sp³-hybridized carbons (Fsp3) is 0.176. The molecule has 0 N–H and O–H groups in total. The molecule has 0 aliphatic heterocycles. The van der Waals surface area contributed by atoms with Gasteiger partial charge in [-0.3, -0.25) is 4.98 Å². The van der Waals surface area contributed by atoms with Crippen LogP contribution in [0.5, 0.6) is 5.88 Å². The van der Waals surface area contributed by atoms with E-state index in [4.69, 9.17) is 9.47 Å². The Balaban J connectivity index is 2.11. The second kappa shape index (κ2) is 7.35. The summed E-state index contributed by atoms with van der Waals surface area (Å²) in [5.74, 6) is -0.130. The molecule has 3 aromatic rings. The first-order valence-electron chi connectivity index (χ1n) is 7.49. The molecular weight excluding hydrogens is 342 g/mol. The van der Waals surface area contributed by atoms with E-state index in [0.29, 0.717) is 33.8 Å². The van der Waals surface area contributed by atoms with Crippen molar-refractivity contribution in [1.29, 1.82) is 0 Å². The lowest BCUT2D eigenvalue weighted by Crippen LogP contribution is -2.06. The average Bonchev–Trinajstić information content (AvgIpc) is 2.66. The summed E-state index contributed by atoms with van der Waals surface area (Å²) in [6.07, 6.45) is 3.06. The minimum atomic E-state index is -1.68. The first kappa shape index (κ1) is 17.0. The van der Waals surface area contributed by atoms with Crippen LogP contribution in [0.3, 0.4) is 0 Å². The highest BCUT2D eigenvalue weighted by atomic mass is 32.2. The zero-order valence-corrected chi connectivity index (χ0v) is 14.4. The van der Waals surface area contributed by atoms with Gasteiger partial charge in [-0.2, -0.15) is 4.98 Å². The number of nitrogens with zero attached hydrogens (tertiary/aromatic N) is 3. The van der Waals surface area contributed by atoms with E-state index in [-0.39, 0.29) is 5.16 Å². The Morgan fingerprint density at radius 1 is 1.16 bits per heavy atom. The monoisotopic (exact) mass is 357 g/mol. The summed E-state index contributed by atoms with van der Waals surface area (Å²) in [5, 5.41) is 0.671. The van der Waals surface area contributed by atoms with Crippen molar-refractivity contribution in [3.05, 3.63) is 48.3 Å². The van der Waals surface area contributed by atoms with Gasteiger partial charge in [-0.1, -0.05) is 6.07 Å². The first-order chi connectivity index (χ1) is 12.2. The summed E-state index contributed by atoms with van der Waals surface area (Å²) >= 11 is 0. The minimum absolute atomic E-state index is 0.115. The molecule has 7 nitrogen and oxygen atoms in total. The largest absolute Gasteiger partial charge is 0.478 e. The number of methoxy groups -OCH3 is 1. The van der Waals surface area contributed by atoms with Crippen LogP contribution in [-0.4, -0.2) is 38.8 Å². The number of aromatic nitrogens is 3. The molecule has 1 atom stereocenters. The molecule has 128 valence electrons. The van der Waals surface area contributed by atoms with Crippen molar-refractivity contribution in [3.8, 4) is 5.88 Å². The van der Waals surface area contributed by atoms with Crippen molar-refractivity contribution >= 4 is 27.7 Å². The van der Waals surface area contributed by atoms with Crippen LogP contribution in [0.4, 0.5) is 0 Å². The van der Waals surface area contributed by atoms with Gasteiger partial charge in [0.2, 0.25) is 11.0 Å². The van der Waals surface area contributed by atoms with Crippen LogP contribution in [0.2, 0.25) is 0 Å². The first-order valence-corrected chi connectivity index (χ1v) is 8.64. The molecule has 0 bridgehead atoms. The molecule has 0 fully saturated rings. The molecule has 3 rings (SSSR count). The lowest BCUT2D eigenvalue weighted by atomic mass is 10.1. The Labute approximate surface area is 146 Å². The molecule has 0 amide bonds. The zero-order chi connectivity index (χ0) is 17.8. The van der Waals surface area contributed by atoms with Crippen LogP contribution < -0.4 is 4.74 Å². The van der Waals surface area contributed by atoms with Gasteiger partial charge < -0.3 is 9.47 Å². The number of ether oxygens (including phenoxy) is 2. The van der Waals surface area contributed by atoms with Crippen molar-refractivity contribution < 1.29 is 18.5 Å². The molecule has 0 aliphatic carbocycles. The van der Waals surface area contributed by atoms with Gasteiger partial charge in [0, 0.05) is 23.8 Å². The van der Waals surface area contributed by atoms with Gasteiger partial charge in [0.15, 0.2) is 0 Å². The zero-order valence-electron chi connectivity index (χ0n) is 13.6. The SMILES string of the molecule is CCOc1ccnc(S(=O)c2ccc(C(=O)OC)c3cccnc23)n1. The molecule has 0 aliphatic rings. The number of carbonyl (C=O) groups excluding carboxylic acids is 1. The second-order valence-electron chi connectivity index (χ2n) is 4.88. The van der Waals surface area contributed by atoms with Crippen LogP contribution in [0.1, 0.15) is 17.3 Å². The van der Waals surface area contributed by atoms with E-state index in [0.717, 1.165) is 0 Å². The maximum atomic E-state index is 12.9. The maximum Gasteiger partial charge on any atom is 0.338 e. The third-order valence-electron chi connectivity index (χ3n) is 3.40. The summed E-state index contributed by atoms with van der Waals surface area (Å²) in [6.45, 7) is 2.28. The smallest absolute Gasteiger partial charge is 0.338 e. The highest BCUT2D eigenvalue weighted by Gasteiger charge is 2.19. The normalized spacial score (nSPS) is 11.9.